The summed E-state index contributed by atoms with van der Waals surface area (Å²) < 4.78 is 24.6. The van der Waals surface area contributed by atoms with Crippen LogP contribution in [0.3, 0.4) is 0 Å². The Balaban J connectivity index is 1.92. The van der Waals surface area contributed by atoms with Crippen LogP contribution in [0.1, 0.15) is 5.56 Å². The maximum Gasteiger partial charge on any atom is 0.193 e. The van der Waals surface area contributed by atoms with Crippen LogP contribution in [0.25, 0.3) is 0 Å². The minimum absolute atomic E-state index is 0.00103. The van der Waals surface area contributed by atoms with Gasteiger partial charge < -0.3 is 10.2 Å². The van der Waals surface area contributed by atoms with Crippen molar-refractivity contribution >= 4 is 27.4 Å². The third-order valence-electron chi connectivity index (χ3n) is 3.64. The van der Waals surface area contributed by atoms with E-state index in [1.165, 1.54) is 0 Å². The molecule has 0 spiro atoms. The Hall–Kier alpha value is -2.05. The number of hydrogen-bond acceptors (Lipinski definition) is 3. The Labute approximate surface area is 154 Å². The standard InChI is InChI=1S/C18H22ClN3O2S/c1-20-18(22(2)14-15-7-6-8-16(19)13-15)21-11-12-25(23,24)17-9-4-3-5-10-17/h3-10,13H,11-12,14H2,1-2H3,(H,20,21). The van der Waals surface area contributed by atoms with Crippen LogP contribution >= 0.6 is 11.6 Å². The topological polar surface area (TPSA) is 61.8 Å². The zero-order valence-electron chi connectivity index (χ0n) is 14.3. The molecule has 0 bridgehead atoms. The average Bonchev–Trinajstić information content (AvgIpc) is 2.59. The summed E-state index contributed by atoms with van der Waals surface area (Å²) >= 11 is 6.00. The van der Waals surface area contributed by atoms with Gasteiger partial charge in [-0.05, 0) is 29.8 Å². The summed E-state index contributed by atoms with van der Waals surface area (Å²) in [5.41, 5.74) is 1.05. The van der Waals surface area contributed by atoms with E-state index in [0.717, 1.165) is 5.56 Å². The normalized spacial score (nSPS) is 12.0. The van der Waals surface area contributed by atoms with Crippen LogP contribution < -0.4 is 5.32 Å². The summed E-state index contributed by atoms with van der Waals surface area (Å²) in [6.07, 6.45) is 0. The monoisotopic (exact) mass is 379 g/mol. The zero-order chi connectivity index (χ0) is 18.3. The highest BCUT2D eigenvalue weighted by Gasteiger charge is 2.14. The Morgan fingerprint density at radius 1 is 1.16 bits per heavy atom. The molecule has 5 nitrogen and oxygen atoms in total. The van der Waals surface area contributed by atoms with Crippen molar-refractivity contribution in [3.63, 3.8) is 0 Å². The Kier molecular flexibility index (Phi) is 6.84. The first-order valence-electron chi connectivity index (χ1n) is 7.86. The number of aliphatic imine (C=N–C) groups is 1. The molecule has 0 aliphatic rings. The first-order chi connectivity index (χ1) is 11.9. The van der Waals surface area contributed by atoms with Crippen molar-refractivity contribution in [1.82, 2.24) is 10.2 Å². The highest BCUT2D eigenvalue weighted by Crippen LogP contribution is 2.12. The highest BCUT2D eigenvalue weighted by atomic mass is 35.5. The van der Waals surface area contributed by atoms with Crippen molar-refractivity contribution in [2.24, 2.45) is 4.99 Å². The molecule has 1 N–H and O–H groups in total. The number of sulfone groups is 1. The van der Waals surface area contributed by atoms with Crippen LogP contribution in [0.15, 0.2) is 64.5 Å². The van der Waals surface area contributed by atoms with E-state index in [2.05, 4.69) is 10.3 Å². The molecule has 2 aromatic carbocycles. The molecule has 0 fully saturated rings. The van der Waals surface area contributed by atoms with Crippen LogP contribution in [0.5, 0.6) is 0 Å². The van der Waals surface area contributed by atoms with Crippen LogP contribution in [-0.4, -0.2) is 45.7 Å². The van der Waals surface area contributed by atoms with E-state index in [0.29, 0.717) is 22.4 Å². The molecule has 7 heteroatoms. The number of nitrogens with zero attached hydrogens (tertiary/aromatic N) is 2. The van der Waals surface area contributed by atoms with Crippen LogP contribution in [0.2, 0.25) is 5.02 Å². The predicted octanol–water partition coefficient (Wildman–Crippen LogP) is 2.82. The van der Waals surface area contributed by atoms with Crippen molar-refractivity contribution in [2.45, 2.75) is 11.4 Å². The largest absolute Gasteiger partial charge is 0.355 e. The molecule has 25 heavy (non-hydrogen) atoms. The smallest absolute Gasteiger partial charge is 0.193 e. The lowest BCUT2D eigenvalue weighted by Gasteiger charge is -2.22. The molecule has 134 valence electrons. The predicted molar refractivity (Wildman–Crippen MR) is 103 cm³/mol. The SMILES string of the molecule is CN=C(NCCS(=O)(=O)c1ccccc1)N(C)Cc1cccc(Cl)c1. The molecule has 0 heterocycles. The molecular formula is C18H22ClN3O2S. The van der Waals surface area contributed by atoms with Crippen LogP contribution in [0, 0.1) is 0 Å². The minimum Gasteiger partial charge on any atom is -0.355 e. The number of nitrogens with one attached hydrogen (secondary N) is 1. The first kappa shape index (κ1) is 19.3. The molecule has 0 aliphatic carbocycles. The number of benzene rings is 2. The van der Waals surface area contributed by atoms with E-state index in [9.17, 15) is 8.42 Å². The van der Waals surface area contributed by atoms with Crippen molar-refractivity contribution in [3.8, 4) is 0 Å². The van der Waals surface area contributed by atoms with Crippen molar-refractivity contribution in [2.75, 3.05) is 26.4 Å². The molecular weight excluding hydrogens is 358 g/mol. The molecule has 0 atom stereocenters. The van der Waals surface area contributed by atoms with E-state index in [1.54, 1.807) is 37.4 Å². The molecule has 0 aliphatic heterocycles. The molecule has 2 aromatic rings. The fourth-order valence-electron chi connectivity index (χ4n) is 2.41. The maximum atomic E-state index is 12.3. The molecule has 0 saturated heterocycles. The van der Waals surface area contributed by atoms with Gasteiger partial charge >= 0.3 is 0 Å². The number of rotatable bonds is 6. The summed E-state index contributed by atoms with van der Waals surface area (Å²) in [6.45, 7) is 0.898. The van der Waals surface area contributed by atoms with Gasteiger partial charge in [-0.3, -0.25) is 4.99 Å². The molecule has 0 radical (unpaired) electrons. The minimum atomic E-state index is -3.31. The fourth-order valence-corrected chi connectivity index (χ4v) is 3.80. The van der Waals surface area contributed by atoms with Gasteiger partial charge in [-0.25, -0.2) is 8.42 Å². The van der Waals surface area contributed by atoms with Crippen LogP contribution in [-0.2, 0) is 16.4 Å². The maximum absolute atomic E-state index is 12.3. The molecule has 2 rings (SSSR count). The third-order valence-corrected chi connectivity index (χ3v) is 5.61. The summed E-state index contributed by atoms with van der Waals surface area (Å²) in [6, 6.07) is 16.0. The van der Waals surface area contributed by atoms with Gasteiger partial charge in [0.2, 0.25) is 0 Å². The van der Waals surface area contributed by atoms with Gasteiger partial charge in [0.15, 0.2) is 15.8 Å². The van der Waals surface area contributed by atoms with E-state index in [1.807, 2.05) is 36.2 Å². The summed E-state index contributed by atoms with van der Waals surface area (Å²) in [5, 5.41) is 3.78. The molecule has 0 unspecified atom stereocenters. The Morgan fingerprint density at radius 2 is 1.88 bits per heavy atom. The van der Waals surface area contributed by atoms with Gasteiger partial charge in [-0.15, -0.1) is 0 Å². The lowest BCUT2D eigenvalue weighted by molar-refractivity contribution is 0.478. The van der Waals surface area contributed by atoms with E-state index in [-0.39, 0.29) is 12.3 Å². The second-order valence-corrected chi connectivity index (χ2v) is 8.14. The highest BCUT2D eigenvalue weighted by molar-refractivity contribution is 7.91. The average molecular weight is 380 g/mol. The van der Waals surface area contributed by atoms with Crippen molar-refractivity contribution in [3.05, 3.63) is 65.2 Å². The van der Waals surface area contributed by atoms with Gasteiger partial charge in [-0.2, -0.15) is 0 Å². The van der Waals surface area contributed by atoms with Gasteiger partial charge in [0.25, 0.3) is 0 Å². The third kappa shape index (κ3) is 5.76. The molecule has 0 amide bonds. The second kappa shape index (κ2) is 8.87. The van der Waals surface area contributed by atoms with Gasteiger partial charge in [0, 0.05) is 32.2 Å². The summed E-state index contributed by atoms with van der Waals surface area (Å²) in [7, 11) is 0.252. The Bertz CT molecular complexity index is 823. The lowest BCUT2D eigenvalue weighted by Crippen LogP contribution is -2.40. The molecule has 0 saturated carbocycles. The van der Waals surface area contributed by atoms with Crippen LogP contribution in [0.4, 0.5) is 0 Å². The Morgan fingerprint density at radius 3 is 2.52 bits per heavy atom. The summed E-state index contributed by atoms with van der Waals surface area (Å²) in [4.78, 5) is 6.45. The first-order valence-corrected chi connectivity index (χ1v) is 9.89. The number of hydrogen-bond donors (Lipinski definition) is 1. The van der Waals surface area contributed by atoms with E-state index in [4.69, 9.17) is 11.6 Å². The van der Waals surface area contributed by atoms with E-state index < -0.39 is 9.84 Å². The zero-order valence-corrected chi connectivity index (χ0v) is 15.9. The van der Waals surface area contributed by atoms with Gasteiger partial charge in [0.1, 0.15) is 0 Å². The number of halogens is 1. The van der Waals surface area contributed by atoms with Crippen molar-refractivity contribution < 1.29 is 8.42 Å². The lowest BCUT2D eigenvalue weighted by atomic mass is 10.2. The van der Waals surface area contributed by atoms with Crippen molar-refractivity contribution in [1.29, 1.82) is 0 Å². The van der Waals surface area contributed by atoms with E-state index >= 15 is 0 Å². The van der Waals surface area contributed by atoms with Gasteiger partial charge in [0.05, 0.1) is 10.6 Å². The fraction of sp³-hybridized carbons (Fsp3) is 0.278. The molecule has 0 aromatic heterocycles. The van der Waals surface area contributed by atoms with Gasteiger partial charge in [-0.1, -0.05) is 41.9 Å². The quantitative estimate of drug-likeness (QED) is 0.619. The number of guanidine groups is 1. The second-order valence-electron chi connectivity index (χ2n) is 5.59. The summed E-state index contributed by atoms with van der Waals surface area (Å²) in [5.74, 6) is 0.629.